The highest BCUT2D eigenvalue weighted by atomic mass is 15.4. The summed E-state index contributed by atoms with van der Waals surface area (Å²) in [5.41, 5.74) is 1.13. The lowest BCUT2D eigenvalue weighted by Gasteiger charge is -2.20. The first kappa shape index (κ1) is 11.7. The Morgan fingerprint density at radius 1 is 1.24 bits per heavy atom. The summed E-state index contributed by atoms with van der Waals surface area (Å²) in [6, 6.07) is 0. The molecule has 0 saturated carbocycles. The summed E-state index contributed by atoms with van der Waals surface area (Å²) < 4.78 is 1.53. The van der Waals surface area contributed by atoms with Crippen molar-refractivity contribution in [2.24, 2.45) is 0 Å². The van der Waals surface area contributed by atoms with Crippen LogP contribution in [0.5, 0.6) is 0 Å². The van der Waals surface area contributed by atoms with Gasteiger partial charge in [-0.2, -0.15) is 9.78 Å². The molecule has 0 fully saturated rings. The second-order valence-electron chi connectivity index (χ2n) is 4.83. The largest absolute Gasteiger partial charge is 0.308 e. The van der Waals surface area contributed by atoms with E-state index in [1.54, 1.807) is 18.7 Å². The highest BCUT2D eigenvalue weighted by Crippen LogP contribution is 2.03. The van der Waals surface area contributed by atoms with Gasteiger partial charge in [-0.05, 0) is 20.8 Å². The van der Waals surface area contributed by atoms with Gasteiger partial charge in [0.2, 0.25) is 0 Å². The zero-order valence-electron chi connectivity index (χ0n) is 10.3. The van der Waals surface area contributed by atoms with E-state index in [0.29, 0.717) is 5.95 Å². The van der Waals surface area contributed by atoms with E-state index in [2.05, 4.69) is 46.1 Å². The van der Waals surface area contributed by atoms with E-state index >= 15 is 0 Å². The lowest BCUT2D eigenvalue weighted by molar-refractivity contribution is 0.423. The topological polar surface area (TPSA) is 68.5 Å². The summed E-state index contributed by atoms with van der Waals surface area (Å²) >= 11 is 0. The summed E-state index contributed by atoms with van der Waals surface area (Å²) in [5.74, 6) is 0.530. The molecule has 2 aromatic heterocycles. The number of nitrogens with one attached hydrogen (secondary N) is 1. The molecule has 0 radical (unpaired) electrons. The van der Waals surface area contributed by atoms with Crippen molar-refractivity contribution in [1.82, 2.24) is 30.0 Å². The Bertz CT molecular complexity index is 454. The molecule has 0 spiro atoms. The average molecular weight is 232 g/mol. The number of nitrogens with zero attached hydrogens (tertiary/aromatic N) is 5. The third-order valence-electron chi connectivity index (χ3n) is 2.14. The lowest BCUT2D eigenvalue weighted by Crippen LogP contribution is -2.35. The van der Waals surface area contributed by atoms with E-state index in [1.807, 2.05) is 0 Å². The van der Waals surface area contributed by atoms with Gasteiger partial charge in [0.25, 0.3) is 5.95 Å². The lowest BCUT2D eigenvalue weighted by atomic mass is 10.1. The summed E-state index contributed by atoms with van der Waals surface area (Å²) in [6.07, 6.45) is 6.62. The van der Waals surface area contributed by atoms with Gasteiger partial charge in [-0.25, -0.2) is 15.0 Å². The molecule has 1 N–H and O–H groups in total. The van der Waals surface area contributed by atoms with E-state index in [1.165, 1.54) is 11.0 Å². The van der Waals surface area contributed by atoms with Crippen molar-refractivity contribution in [2.75, 3.05) is 0 Å². The fourth-order valence-corrected chi connectivity index (χ4v) is 1.24. The van der Waals surface area contributed by atoms with Crippen molar-refractivity contribution < 1.29 is 0 Å². The molecule has 2 rings (SSSR count). The Morgan fingerprint density at radius 3 is 2.47 bits per heavy atom. The Kier molecular flexibility index (Phi) is 3.14. The average Bonchev–Trinajstić information content (AvgIpc) is 2.79. The SMILES string of the molecule is CC(C)(C)NCc1cnc(-n2cncn2)nc1. The maximum atomic E-state index is 4.23. The second-order valence-corrected chi connectivity index (χ2v) is 4.83. The first-order valence-electron chi connectivity index (χ1n) is 5.45. The number of rotatable bonds is 3. The van der Waals surface area contributed by atoms with E-state index in [4.69, 9.17) is 0 Å². The molecule has 0 aromatic carbocycles. The van der Waals surface area contributed by atoms with Crippen LogP contribution in [0, 0.1) is 0 Å². The predicted octanol–water partition coefficient (Wildman–Crippen LogP) is 0.945. The zero-order chi connectivity index (χ0) is 12.3. The van der Waals surface area contributed by atoms with Crippen molar-refractivity contribution in [3.8, 4) is 5.95 Å². The highest BCUT2D eigenvalue weighted by molar-refractivity contribution is 5.12. The van der Waals surface area contributed by atoms with Crippen LogP contribution in [-0.2, 0) is 6.54 Å². The quantitative estimate of drug-likeness (QED) is 0.853. The van der Waals surface area contributed by atoms with Crippen LogP contribution in [0.3, 0.4) is 0 Å². The molecule has 0 atom stereocenters. The standard InChI is InChI=1S/C11H16N6/c1-11(2,3)15-6-9-4-13-10(14-5-9)17-8-12-7-16-17/h4-5,7-8,15H,6H2,1-3H3. The maximum absolute atomic E-state index is 4.23. The van der Waals surface area contributed by atoms with Gasteiger partial charge in [0.1, 0.15) is 12.7 Å². The minimum Gasteiger partial charge on any atom is -0.308 e. The van der Waals surface area contributed by atoms with Crippen molar-refractivity contribution in [3.05, 3.63) is 30.6 Å². The maximum Gasteiger partial charge on any atom is 0.251 e. The second kappa shape index (κ2) is 4.58. The minimum absolute atomic E-state index is 0.0879. The third-order valence-corrected chi connectivity index (χ3v) is 2.14. The van der Waals surface area contributed by atoms with Crippen LogP contribution < -0.4 is 5.32 Å². The Morgan fingerprint density at radius 2 is 1.94 bits per heavy atom. The van der Waals surface area contributed by atoms with Crippen LogP contribution in [0.25, 0.3) is 5.95 Å². The van der Waals surface area contributed by atoms with Gasteiger partial charge in [0.05, 0.1) is 0 Å². The molecule has 17 heavy (non-hydrogen) atoms. The summed E-state index contributed by atoms with van der Waals surface area (Å²) in [4.78, 5) is 12.3. The molecule has 0 aliphatic carbocycles. The van der Waals surface area contributed by atoms with E-state index in [9.17, 15) is 0 Å². The van der Waals surface area contributed by atoms with Gasteiger partial charge in [-0.3, -0.25) is 0 Å². The number of hydrogen-bond donors (Lipinski definition) is 1. The molecule has 90 valence electrons. The molecular weight excluding hydrogens is 216 g/mol. The first-order valence-corrected chi connectivity index (χ1v) is 5.45. The Labute approximate surface area is 100 Å². The minimum atomic E-state index is 0.0879. The van der Waals surface area contributed by atoms with E-state index < -0.39 is 0 Å². The van der Waals surface area contributed by atoms with Crippen molar-refractivity contribution in [2.45, 2.75) is 32.9 Å². The van der Waals surface area contributed by atoms with Crippen LogP contribution >= 0.6 is 0 Å². The highest BCUT2D eigenvalue weighted by Gasteiger charge is 2.08. The van der Waals surface area contributed by atoms with Gasteiger partial charge < -0.3 is 5.32 Å². The van der Waals surface area contributed by atoms with Crippen molar-refractivity contribution in [3.63, 3.8) is 0 Å². The predicted molar refractivity (Wildman–Crippen MR) is 63.5 cm³/mol. The monoisotopic (exact) mass is 232 g/mol. The molecular formula is C11H16N6. The molecule has 0 aliphatic heterocycles. The first-order chi connectivity index (χ1) is 8.04. The molecule has 0 saturated heterocycles. The van der Waals surface area contributed by atoms with Crippen molar-refractivity contribution in [1.29, 1.82) is 0 Å². The third kappa shape index (κ3) is 3.32. The van der Waals surface area contributed by atoms with Crippen LogP contribution in [0.2, 0.25) is 0 Å². The Hall–Kier alpha value is -1.82. The molecule has 2 aromatic rings. The fourth-order valence-electron chi connectivity index (χ4n) is 1.24. The molecule has 0 amide bonds. The summed E-state index contributed by atoms with van der Waals surface area (Å²) in [5, 5.41) is 7.34. The molecule has 0 unspecified atom stereocenters. The number of aromatic nitrogens is 5. The summed E-state index contributed by atoms with van der Waals surface area (Å²) in [6.45, 7) is 7.12. The van der Waals surface area contributed by atoms with E-state index in [-0.39, 0.29) is 5.54 Å². The Balaban J connectivity index is 2.04. The summed E-state index contributed by atoms with van der Waals surface area (Å²) in [7, 11) is 0. The smallest absolute Gasteiger partial charge is 0.251 e. The van der Waals surface area contributed by atoms with Crippen molar-refractivity contribution >= 4 is 0 Å². The molecule has 0 bridgehead atoms. The molecule has 2 heterocycles. The van der Waals surface area contributed by atoms with Crippen LogP contribution in [0.15, 0.2) is 25.0 Å². The van der Waals surface area contributed by atoms with Crippen LogP contribution in [0.4, 0.5) is 0 Å². The number of hydrogen-bond acceptors (Lipinski definition) is 5. The van der Waals surface area contributed by atoms with Gasteiger partial charge in [0.15, 0.2) is 0 Å². The van der Waals surface area contributed by atoms with Crippen LogP contribution in [0.1, 0.15) is 26.3 Å². The normalized spacial score (nSPS) is 11.7. The van der Waals surface area contributed by atoms with Gasteiger partial charge in [-0.15, -0.1) is 0 Å². The van der Waals surface area contributed by atoms with Gasteiger partial charge in [-0.1, -0.05) is 0 Å². The zero-order valence-corrected chi connectivity index (χ0v) is 10.3. The molecule has 0 aliphatic rings. The molecule has 6 heteroatoms. The van der Waals surface area contributed by atoms with Gasteiger partial charge >= 0.3 is 0 Å². The van der Waals surface area contributed by atoms with E-state index in [0.717, 1.165) is 12.1 Å². The van der Waals surface area contributed by atoms with Gasteiger partial charge in [0, 0.05) is 30.0 Å². The van der Waals surface area contributed by atoms with Crippen LogP contribution in [-0.4, -0.2) is 30.3 Å². The molecule has 6 nitrogen and oxygen atoms in total. The fraction of sp³-hybridized carbons (Fsp3) is 0.455.